The molecule has 1 aliphatic heterocycles. The number of hydrogen-bond donors (Lipinski definition) is 1. The van der Waals surface area contributed by atoms with Gasteiger partial charge in [-0.1, -0.05) is 13.8 Å². The molecule has 7 nitrogen and oxygen atoms in total. The molecule has 0 spiro atoms. The summed E-state index contributed by atoms with van der Waals surface area (Å²) in [6, 6.07) is 0. The maximum Gasteiger partial charge on any atom is 0.409 e. The molecule has 7 heteroatoms. The molecule has 0 bridgehead atoms. The van der Waals surface area contributed by atoms with Gasteiger partial charge in [-0.3, -0.25) is 0 Å². The topological polar surface area (TPSA) is 80.2 Å². The van der Waals surface area contributed by atoms with Gasteiger partial charge < -0.3 is 15.0 Å². The molecule has 0 radical (unpaired) electrons. The molecule has 110 valence electrons. The Balaban J connectivity index is 1.77. The quantitative estimate of drug-likeness (QED) is 0.757. The van der Waals surface area contributed by atoms with Gasteiger partial charge in [-0.05, 0) is 19.3 Å². The minimum Gasteiger partial charge on any atom is -0.448 e. The largest absolute Gasteiger partial charge is 0.448 e. The summed E-state index contributed by atoms with van der Waals surface area (Å²) in [7, 11) is 0. The second-order valence-electron chi connectivity index (χ2n) is 4.62. The van der Waals surface area contributed by atoms with Crippen LogP contribution in [0.25, 0.3) is 0 Å². The summed E-state index contributed by atoms with van der Waals surface area (Å²) in [6.45, 7) is 6.69. The average molecular weight is 279 g/mol. The Hall–Kier alpha value is -1.92. The van der Waals surface area contributed by atoms with Crippen molar-refractivity contribution in [3.05, 3.63) is 11.4 Å². The van der Waals surface area contributed by atoms with Crippen LogP contribution in [0.5, 0.6) is 0 Å². The van der Waals surface area contributed by atoms with E-state index in [-0.39, 0.29) is 6.09 Å². The minimum absolute atomic E-state index is 0.219. The Morgan fingerprint density at radius 3 is 2.70 bits per heavy atom. The summed E-state index contributed by atoms with van der Waals surface area (Å²) in [4.78, 5) is 17.4. The molecule has 20 heavy (non-hydrogen) atoms. The van der Waals surface area contributed by atoms with E-state index in [4.69, 9.17) is 4.74 Å². The maximum atomic E-state index is 11.2. The maximum absolute atomic E-state index is 11.2. The fourth-order valence-electron chi connectivity index (χ4n) is 2.11. The number of nitrogens with zero attached hydrogens (tertiary/aromatic N) is 4. The van der Waals surface area contributed by atoms with E-state index in [2.05, 4.69) is 27.4 Å². The van der Waals surface area contributed by atoms with Gasteiger partial charge in [0.05, 0.1) is 17.9 Å². The Labute approximate surface area is 118 Å². The van der Waals surface area contributed by atoms with Crippen LogP contribution in [-0.2, 0) is 17.6 Å². The first-order chi connectivity index (χ1) is 9.74. The monoisotopic (exact) mass is 279 g/mol. The van der Waals surface area contributed by atoms with E-state index in [1.54, 1.807) is 4.90 Å². The van der Waals surface area contributed by atoms with Gasteiger partial charge in [0, 0.05) is 13.1 Å². The highest BCUT2D eigenvalue weighted by atomic mass is 16.6. The molecule has 0 aromatic carbocycles. The van der Waals surface area contributed by atoms with Crippen molar-refractivity contribution in [3.8, 4) is 0 Å². The summed E-state index contributed by atoms with van der Waals surface area (Å²) >= 11 is 0. The molecule has 1 fully saturated rings. The zero-order valence-corrected chi connectivity index (χ0v) is 12.1. The summed E-state index contributed by atoms with van der Waals surface area (Å²) < 4.78 is 4.87. The number of cyclic esters (lactones) is 1. The van der Waals surface area contributed by atoms with Gasteiger partial charge in [0.1, 0.15) is 6.61 Å². The molecule has 2 rings (SSSR count). The van der Waals surface area contributed by atoms with Crippen molar-refractivity contribution >= 4 is 12.0 Å². The van der Waals surface area contributed by atoms with E-state index in [0.29, 0.717) is 32.2 Å². The van der Waals surface area contributed by atoms with E-state index >= 15 is 0 Å². The highest BCUT2D eigenvalue weighted by molar-refractivity contribution is 5.69. The number of carbonyl (C=O) groups excluding carboxylic acids is 1. The fourth-order valence-corrected chi connectivity index (χ4v) is 2.11. The summed E-state index contributed by atoms with van der Waals surface area (Å²) in [5, 5.41) is 11.4. The molecule has 1 aliphatic rings. The fraction of sp³-hybridized carbons (Fsp3) is 0.692. The minimum atomic E-state index is -0.219. The molecule has 1 amide bonds. The molecular weight excluding hydrogens is 258 g/mol. The highest BCUT2D eigenvalue weighted by Gasteiger charge is 2.20. The van der Waals surface area contributed by atoms with Crippen LogP contribution in [0, 0.1) is 0 Å². The predicted octanol–water partition coefficient (Wildman–Crippen LogP) is 1.25. The number of rotatable bonds is 7. The second kappa shape index (κ2) is 7.02. The van der Waals surface area contributed by atoms with Gasteiger partial charge in [-0.2, -0.15) is 5.10 Å². The molecule has 1 aromatic rings. The van der Waals surface area contributed by atoms with Crippen LogP contribution in [0.3, 0.4) is 0 Å². The third-order valence-corrected chi connectivity index (χ3v) is 3.24. The molecule has 1 saturated heterocycles. The zero-order chi connectivity index (χ0) is 14.4. The Morgan fingerprint density at radius 1 is 1.25 bits per heavy atom. The smallest absolute Gasteiger partial charge is 0.409 e. The van der Waals surface area contributed by atoms with Gasteiger partial charge in [0.25, 0.3) is 0 Å². The first kappa shape index (κ1) is 14.5. The van der Waals surface area contributed by atoms with E-state index < -0.39 is 0 Å². The Kier molecular flexibility index (Phi) is 5.09. The van der Waals surface area contributed by atoms with Crippen molar-refractivity contribution < 1.29 is 9.53 Å². The molecule has 2 heterocycles. The van der Waals surface area contributed by atoms with Crippen molar-refractivity contribution in [2.24, 2.45) is 0 Å². The molecule has 0 saturated carbocycles. The third-order valence-electron chi connectivity index (χ3n) is 3.24. The van der Waals surface area contributed by atoms with Crippen molar-refractivity contribution in [1.29, 1.82) is 0 Å². The lowest BCUT2D eigenvalue weighted by atomic mass is 10.2. The van der Waals surface area contributed by atoms with Crippen LogP contribution < -0.4 is 5.32 Å². The lowest BCUT2D eigenvalue weighted by molar-refractivity contribution is 0.158. The molecule has 1 aromatic heterocycles. The molecule has 0 atom stereocenters. The number of anilines is 1. The molecular formula is C13H21N5O2. The number of aromatic nitrogens is 3. The van der Waals surface area contributed by atoms with Crippen LogP contribution >= 0.6 is 0 Å². The van der Waals surface area contributed by atoms with E-state index in [9.17, 15) is 4.79 Å². The van der Waals surface area contributed by atoms with Gasteiger partial charge in [-0.15, -0.1) is 5.10 Å². The number of hydrogen-bond acceptors (Lipinski definition) is 6. The van der Waals surface area contributed by atoms with Crippen molar-refractivity contribution in [2.45, 2.75) is 33.1 Å². The second-order valence-corrected chi connectivity index (χ2v) is 4.62. The van der Waals surface area contributed by atoms with E-state index in [1.165, 1.54) is 0 Å². The van der Waals surface area contributed by atoms with Crippen LogP contribution in [0.2, 0.25) is 0 Å². The number of nitrogens with one attached hydrogen (secondary N) is 1. The third kappa shape index (κ3) is 3.55. The van der Waals surface area contributed by atoms with Crippen LogP contribution in [-0.4, -0.2) is 52.4 Å². The van der Waals surface area contributed by atoms with E-state index in [1.807, 2.05) is 6.92 Å². The van der Waals surface area contributed by atoms with Crippen LogP contribution in [0.15, 0.2) is 0 Å². The number of carbonyl (C=O) groups is 1. The molecule has 0 aliphatic carbocycles. The average Bonchev–Trinajstić information content (AvgIpc) is 2.88. The predicted molar refractivity (Wildman–Crippen MR) is 74.6 cm³/mol. The number of ether oxygens (including phenoxy) is 1. The molecule has 1 N–H and O–H groups in total. The summed E-state index contributed by atoms with van der Waals surface area (Å²) in [5.74, 6) is 0.558. The number of aryl methyl sites for hydroxylation is 2. The van der Waals surface area contributed by atoms with Crippen molar-refractivity contribution in [1.82, 2.24) is 20.1 Å². The van der Waals surface area contributed by atoms with Crippen LogP contribution in [0.4, 0.5) is 10.7 Å². The van der Waals surface area contributed by atoms with E-state index in [0.717, 1.165) is 30.7 Å². The Morgan fingerprint density at radius 2 is 2.05 bits per heavy atom. The van der Waals surface area contributed by atoms with Gasteiger partial charge in [-0.25, -0.2) is 9.78 Å². The summed E-state index contributed by atoms with van der Waals surface area (Å²) in [6.07, 6.45) is 2.31. The lowest BCUT2D eigenvalue weighted by Crippen LogP contribution is -2.26. The van der Waals surface area contributed by atoms with Gasteiger partial charge >= 0.3 is 6.09 Å². The Bertz CT molecular complexity index is 466. The number of amides is 1. The lowest BCUT2D eigenvalue weighted by Gasteiger charge is -2.12. The van der Waals surface area contributed by atoms with Gasteiger partial charge in [0.2, 0.25) is 5.95 Å². The molecule has 0 unspecified atom stereocenters. The standard InChI is InChI=1S/C13H21N5O2/c1-3-10-11(4-2)16-17-12(15-10)14-6-5-7-18-8-9-20-13(18)19/h3-9H2,1-2H3,(H,14,15,17). The van der Waals surface area contributed by atoms with Crippen molar-refractivity contribution in [2.75, 3.05) is 31.6 Å². The first-order valence-corrected chi connectivity index (χ1v) is 7.12. The van der Waals surface area contributed by atoms with Crippen molar-refractivity contribution in [3.63, 3.8) is 0 Å². The highest BCUT2D eigenvalue weighted by Crippen LogP contribution is 2.07. The SMILES string of the molecule is CCc1nnc(NCCCN2CCOC2=O)nc1CC. The normalized spacial score (nSPS) is 14.5. The summed E-state index contributed by atoms with van der Waals surface area (Å²) in [5.41, 5.74) is 1.95. The van der Waals surface area contributed by atoms with Crippen LogP contribution in [0.1, 0.15) is 31.7 Å². The zero-order valence-electron chi connectivity index (χ0n) is 12.1. The first-order valence-electron chi connectivity index (χ1n) is 7.12. The van der Waals surface area contributed by atoms with Gasteiger partial charge in [0.15, 0.2) is 0 Å².